The van der Waals surface area contributed by atoms with Crippen molar-refractivity contribution < 1.29 is 18.0 Å². The minimum absolute atomic E-state index is 0.245. The number of alkyl halides is 3. The Morgan fingerprint density at radius 3 is 2.08 bits per heavy atom. The Kier molecular flexibility index (Phi) is 3.70. The number of hydrogen-bond acceptors (Lipinski definition) is 2. The zero-order chi connectivity index (χ0) is 18.1. The van der Waals surface area contributed by atoms with E-state index >= 15 is 0 Å². The maximum absolute atomic E-state index is 13.1. The summed E-state index contributed by atoms with van der Waals surface area (Å²) in [5.74, 6) is 1.39. The second-order valence-electron chi connectivity index (χ2n) is 8.14. The number of amides is 1. The molecule has 0 atom stereocenters. The molecular formula is C17H21ClF3N3O. The van der Waals surface area contributed by atoms with Crippen molar-refractivity contribution in [2.24, 2.45) is 24.8 Å². The molecule has 0 aromatic carbocycles. The smallest absolute Gasteiger partial charge is 0.335 e. The highest BCUT2D eigenvalue weighted by molar-refractivity contribution is 6.34. The van der Waals surface area contributed by atoms with Gasteiger partial charge in [-0.2, -0.15) is 18.3 Å². The number of carbonyl (C=O) groups excluding carboxylic acids is 1. The van der Waals surface area contributed by atoms with Gasteiger partial charge in [-0.15, -0.1) is 0 Å². The van der Waals surface area contributed by atoms with Crippen molar-refractivity contribution >= 4 is 17.5 Å². The SMILES string of the molecule is CN(C(=O)c1nn(C)c(C(F)(F)F)c1Cl)C12CC3CC(CC(C3)C1)C2. The number of hydrogen-bond donors (Lipinski definition) is 0. The number of carbonyl (C=O) groups is 1. The summed E-state index contributed by atoms with van der Waals surface area (Å²) in [5.41, 5.74) is -1.61. The molecule has 0 aliphatic heterocycles. The van der Waals surface area contributed by atoms with E-state index in [1.165, 1.54) is 19.3 Å². The third-order valence-electron chi connectivity index (χ3n) is 6.48. The molecule has 0 N–H and O–H groups in total. The highest BCUT2D eigenvalue weighted by atomic mass is 35.5. The number of aromatic nitrogens is 2. The van der Waals surface area contributed by atoms with Crippen molar-refractivity contribution in [3.63, 3.8) is 0 Å². The van der Waals surface area contributed by atoms with Crippen LogP contribution in [0.5, 0.6) is 0 Å². The topological polar surface area (TPSA) is 38.1 Å². The Labute approximate surface area is 149 Å². The van der Waals surface area contributed by atoms with Crippen molar-refractivity contribution in [3.05, 3.63) is 16.4 Å². The molecule has 4 fully saturated rings. The Hall–Kier alpha value is -1.24. The monoisotopic (exact) mass is 375 g/mol. The maximum atomic E-state index is 13.1. The average molecular weight is 376 g/mol. The summed E-state index contributed by atoms with van der Waals surface area (Å²) < 4.78 is 40.0. The predicted molar refractivity (Wildman–Crippen MR) is 86.2 cm³/mol. The predicted octanol–water partition coefficient (Wildman–Crippen LogP) is 4.13. The molecule has 4 aliphatic carbocycles. The van der Waals surface area contributed by atoms with E-state index < -0.39 is 22.8 Å². The lowest BCUT2D eigenvalue weighted by atomic mass is 9.52. The lowest BCUT2D eigenvalue weighted by Gasteiger charge is -2.59. The minimum atomic E-state index is -4.64. The molecule has 25 heavy (non-hydrogen) atoms. The summed E-state index contributed by atoms with van der Waals surface area (Å²) in [6.45, 7) is 0. The molecule has 5 rings (SSSR count). The van der Waals surface area contributed by atoms with E-state index in [1.807, 2.05) is 0 Å². The summed E-state index contributed by atoms with van der Waals surface area (Å²) in [6, 6.07) is 0. The molecule has 4 bridgehead atoms. The molecule has 0 unspecified atom stereocenters. The lowest BCUT2D eigenvalue weighted by Crippen LogP contribution is -2.60. The van der Waals surface area contributed by atoms with E-state index in [2.05, 4.69) is 5.10 Å². The molecule has 1 aromatic heterocycles. The minimum Gasteiger partial charge on any atom is -0.335 e. The fourth-order valence-electron chi connectivity index (χ4n) is 5.79. The van der Waals surface area contributed by atoms with Gasteiger partial charge in [-0.05, 0) is 56.3 Å². The molecule has 8 heteroatoms. The number of aryl methyl sites for hydroxylation is 1. The van der Waals surface area contributed by atoms with Crippen LogP contribution in [0.15, 0.2) is 0 Å². The van der Waals surface area contributed by atoms with E-state index in [4.69, 9.17) is 11.6 Å². The van der Waals surface area contributed by atoms with E-state index in [1.54, 1.807) is 11.9 Å². The van der Waals surface area contributed by atoms with Crippen LogP contribution in [0.4, 0.5) is 13.2 Å². The van der Waals surface area contributed by atoms with Gasteiger partial charge in [0.15, 0.2) is 11.4 Å². The van der Waals surface area contributed by atoms with Gasteiger partial charge in [-0.25, -0.2) is 0 Å². The quantitative estimate of drug-likeness (QED) is 0.779. The van der Waals surface area contributed by atoms with Crippen molar-refractivity contribution in [2.75, 3.05) is 7.05 Å². The van der Waals surface area contributed by atoms with Crippen LogP contribution in [0.25, 0.3) is 0 Å². The van der Waals surface area contributed by atoms with Crippen LogP contribution in [-0.2, 0) is 13.2 Å². The van der Waals surface area contributed by atoms with Crippen molar-refractivity contribution in [1.29, 1.82) is 0 Å². The van der Waals surface area contributed by atoms with Crippen molar-refractivity contribution in [3.8, 4) is 0 Å². The van der Waals surface area contributed by atoms with Crippen LogP contribution in [0.2, 0.25) is 5.02 Å². The first-order valence-corrected chi connectivity index (χ1v) is 9.06. The maximum Gasteiger partial charge on any atom is 0.434 e. The van der Waals surface area contributed by atoms with E-state index in [-0.39, 0.29) is 11.2 Å². The van der Waals surface area contributed by atoms with E-state index in [9.17, 15) is 18.0 Å². The molecule has 0 radical (unpaired) electrons. The second kappa shape index (κ2) is 5.38. The largest absolute Gasteiger partial charge is 0.434 e. The summed E-state index contributed by atoms with van der Waals surface area (Å²) in [6.07, 6.45) is 1.86. The summed E-state index contributed by atoms with van der Waals surface area (Å²) in [7, 11) is 2.87. The molecule has 1 heterocycles. The Morgan fingerprint density at radius 2 is 1.68 bits per heavy atom. The van der Waals surface area contributed by atoms with Crippen LogP contribution in [0.3, 0.4) is 0 Å². The molecule has 138 valence electrons. The van der Waals surface area contributed by atoms with Crippen LogP contribution >= 0.6 is 11.6 Å². The molecule has 4 saturated carbocycles. The lowest BCUT2D eigenvalue weighted by molar-refractivity contribution is -0.143. The highest BCUT2D eigenvalue weighted by Gasteiger charge is 2.54. The van der Waals surface area contributed by atoms with Gasteiger partial charge in [0.2, 0.25) is 0 Å². The summed E-state index contributed by atoms with van der Waals surface area (Å²) >= 11 is 5.91. The van der Waals surface area contributed by atoms with Gasteiger partial charge >= 0.3 is 6.18 Å². The zero-order valence-corrected chi connectivity index (χ0v) is 15.0. The van der Waals surface area contributed by atoms with E-state index in [0.29, 0.717) is 22.4 Å². The molecule has 4 aliphatic rings. The molecule has 0 saturated heterocycles. The third-order valence-corrected chi connectivity index (χ3v) is 6.84. The Balaban J connectivity index is 1.66. The number of rotatable bonds is 2. The first-order chi connectivity index (χ1) is 11.6. The third kappa shape index (κ3) is 2.57. The van der Waals surface area contributed by atoms with Crippen LogP contribution in [0.1, 0.15) is 54.7 Å². The number of halogens is 4. The first-order valence-electron chi connectivity index (χ1n) is 8.68. The first kappa shape index (κ1) is 17.2. The van der Waals surface area contributed by atoms with Gasteiger partial charge in [-0.1, -0.05) is 11.6 Å². The molecular weight excluding hydrogens is 355 g/mol. The second-order valence-corrected chi connectivity index (χ2v) is 8.52. The van der Waals surface area contributed by atoms with Crippen molar-refractivity contribution in [1.82, 2.24) is 14.7 Å². The van der Waals surface area contributed by atoms with E-state index in [0.717, 1.165) is 26.3 Å². The van der Waals surface area contributed by atoms with Gasteiger partial charge in [0.05, 0.1) is 0 Å². The molecule has 1 amide bonds. The summed E-state index contributed by atoms with van der Waals surface area (Å²) in [4.78, 5) is 14.6. The van der Waals surface area contributed by atoms with Gasteiger partial charge in [0, 0.05) is 19.6 Å². The number of nitrogens with zero attached hydrogens (tertiary/aromatic N) is 3. The molecule has 1 aromatic rings. The fourth-order valence-corrected chi connectivity index (χ4v) is 6.14. The van der Waals surface area contributed by atoms with Gasteiger partial charge in [0.1, 0.15) is 5.02 Å². The fraction of sp³-hybridized carbons (Fsp3) is 0.765. The normalized spacial score (nSPS) is 33.8. The molecule has 4 nitrogen and oxygen atoms in total. The van der Waals surface area contributed by atoms with Gasteiger partial charge < -0.3 is 4.90 Å². The zero-order valence-electron chi connectivity index (χ0n) is 14.2. The van der Waals surface area contributed by atoms with Crippen LogP contribution in [-0.4, -0.2) is 33.2 Å². The summed E-state index contributed by atoms with van der Waals surface area (Å²) in [5, 5.41) is 3.20. The highest BCUT2D eigenvalue weighted by Crippen LogP contribution is 2.57. The Morgan fingerprint density at radius 1 is 1.20 bits per heavy atom. The van der Waals surface area contributed by atoms with Crippen LogP contribution < -0.4 is 0 Å². The van der Waals surface area contributed by atoms with Crippen LogP contribution in [0, 0.1) is 17.8 Å². The average Bonchev–Trinajstić information content (AvgIpc) is 2.79. The molecule has 0 spiro atoms. The van der Waals surface area contributed by atoms with Gasteiger partial charge in [-0.3, -0.25) is 9.48 Å². The standard InChI is InChI=1S/C17H21ClF3N3O/c1-23(16-6-9-3-10(7-16)5-11(4-9)8-16)15(25)13-12(18)14(17(19,20)21)24(2)22-13/h9-11H,3-8H2,1-2H3. The Bertz CT molecular complexity index is 692. The van der Waals surface area contributed by atoms with Crippen molar-refractivity contribution in [2.45, 2.75) is 50.2 Å². The van der Waals surface area contributed by atoms with Gasteiger partial charge in [0.25, 0.3) is 5.91 Å².